The number of nitrogens with one attached hydrogen (secondary N) is 1. The van der Waals surface area contributed by atoms with Crippen LogP contribution in [0.1, 0.15) is 11.3 Å². The predicted octanol–water partition coefficient (Wildman–Crippen LogP) is 4.10. The van der Waals surface area contributed by atoms with Crippen molar-refractivity contribution in [2.45, 2.75) is 6.54 Å². The number of amides is 1. The van der Waals surface area contributed by atoms with Gasteiger partial charge in [-0.3, -0.25) is 14.9 Å². The number of furan rings is 1. The molecule has 0 atom stereocenters. The average molecular weight is 433 g/mol. The number of benzene rings is 2. The fourth-order valence-electron chi connectivity index (χ4n) is 2.98. The Labute approximate surface area is 183 Å². The average Bonchev–Trinajstić information content (AvgIpc) is 3.29. The van der Waals surface area contributed by atoms with Crippen LogP contribution in [0.3, 0.4) is 0 Å². The Morgan fingerprint density at radius 3 is 2.66 bits per heavy atom. The first-order valence-electron chi connectivity index (χ1n) is 9.41. The number of hydrogen-bond donors (Lipinski definition) is 1. The van der Waals surface area contributed by atoms with E-state index in [9.17, 15) is 20.2 Å². The zero-order chi connectivity index (χ0) is 23.1. The van der Waals surface area contributed by atoms with E-state index in [0.29, 0.717) is 22.6 Å². The van der Waals surface area contributed by atoms with Gasteiger partial charge in [-0.2, -0.15) is 5.26 Å². The molecule has 0 aliphatic heterocycles. The molecule has 2 aromatic carbocycles. The van der Waals surface area contributed by atoms with Gasteiger partial charge in [-0.05, 0) is 30.3 Å². The number of hydrogen-bond acceptors (Lipinski definition) is 7. The van der Waals surface area contributed by atoms with Crippen LogP contribution in [0.4, 0.5) is 5.69 Å². The van der Waals surface area contributed by atoms with Crippen molar-refractivity contribution < 1.29 is 23.6 Å². The first-order valence-corrected chi connectivity index (χ1v) is 9.41. The summed E-state index contributed by atoms with van der Waals surface area (Å²) in [7, 11) is 3.04. The summed E-state index contributed by atoms with van der Waals surface area (Å²) in [6.07, 6.45) is 1.28. The molecule has 0 bridgehead atoms. The fraction of sp³-hybridized carbons (Fsp3) is 0.130. The molecular formula is C23H19N3O6. The summed E-state index contributed by atoms with van der Waals surface area (Å²) >= 11 is 0. The number of nitrogens with zero attached hydrogens (tertiary/aromatic N) is 2. The Bertz CT molecular complexity index is 1220. The SMILES string of the molecule is COc1ccc(CNC(=O)/C(C#N)=C/c2ccc(-c3ccccc3[N+](=O)[O-])o2)c(OC)c1. The monoisotopic (exact) mass is 433 g/mol. The molecule has 0 fully saturated rings. The second kappa shape index (κ2) is 9.95. The molecule has 1 N–H and O–H groups in total. The van der Waals surface area contributed by atoms with Gasteiger partial charge in [-0.1, -0.05) is 12.1 Å². The van der Waals surface area contributed by atoms with Gasteiger partial charge >= 0.3 is 0 Å². The van der Waals surface area contributed by atoms with Crippen molar-refractivity contribution in [1.82, 2.24) is 5.32 Å². The van der Waals surface area contributed by atoms with Crippen molar-refractivity contribution >= 4 is 17.7 Å². The van der Waals surface area contributed by atoms with E-state index in [1.54, 1.807) is 42.5 Å². The Hall–Kier alpha value is -4.58. The second-order valence-corrected chi connectivity index (χ2v) is 6.51. The first-order chi connectivity index (χ1) is 15.5. The summed E-state index contributed by atoms with van der Waals surface area (Å²) in [4.78, 5) is 23.2. The summed E-state index contributed by atoms with van der Waals surface area (Å²) in [5.74, 6) is 1.01. The molecule has 32 heavy (non-hydrogen) atoms. The molecule has 3 rings (SSSR count). The first kappa shape index (κ1) is 22.1. The van der Waals surface area contributed by atoms with Crippen LogP contribution < -0.4 is 14.8 Å². The minimum Gasteiger partial charge on any atom is -0.497 e. The number of ether oxygens (including phenoxy) is 2. The van der Waals surface area contributed by atoms with Crippen LogP contribution in [0.15, 0.2) is 64.6 Å². The highest BCUT2D eigenvalue weighted by molar-refractivity contribution is 6.01. The van der Waals surface area contributed by atoms with Crippen LogP contribution in [0, 0.1) is 21.4 Å². The van der Waals surface area contributed by atoms with Crippen molar-refractivity contribution in [3.8, 4) is 28.9 Å². The highest BCUT2D eigenvalue weighted by atomic mass is 16.6. The van der Waals surface area contributed by atoms with E-state index < -0.39 is 10.8 Å². The summed E-state index contributed by atoms with van der Waals surface area (Å²) in [6, 6.07) is 16.2. The Kier molecular flexibility index (Phi) is 6.88. The van der Waals surface area contributed by atoms with Gasteiger partial charge in [-0.15, -0.1) is 0 Å². The Morgan fingerprint density at radius 2 is 1.97 bits per heavy atom. The number of nitro groups is 1. The molecular weight excluding hydrogens is 414 g/mol. The number of nitriles is 1. The van der Waals surface area contributed by atoms with Gasteiger partial charge in [0.05, 0.1) is 24.7 Å². The van der Waals surface area contributed by atoms with Gasteiger partial charge in [0.2, 0.25) is 0 Å². The number of carbonyl (C=O) groups is 1. The maximum atomic E-state index is 12.5. The smallest absolute Gasteiger partial charge is 0.280 e. The lowest BCUT2D eigenvalue weighted by molar-refractivity contribution is -0.384. The lowest BCUT2D eigenvalue weighted by Crippen LogP contribution is -2.24. The lowest BCUT2D eigenvalue weighted by atomic mass is 10.1. The molecule has 1 aromatic heterocycles. The molecule has 1 heterocycles. The summed E-state index contributed by atoms with van der Waals surface area (Å²) < 4.78 is 16.1. The topological polar surface area (TPSA) is 128 Å². The minimum absolute atomic E-state index is 0.107. The van der Waals surface area contributed by atoms with Crippen LogP contribution >= 0.6 is 0 Å². The number of nitro benzene ring substituents is 1. The number of carbonyl (C=O) groups excluding carboxylic acids is 1. The van der Waals surface area contributed by atoms with E-state index in [4.69, 9.17) is 13.9 Å². The molecule has 0 spiro atoms. The van der Waals surface area contributed by atoms with E-state index >= 15 is 0 Å². The van der Waals surface area contributed by atoms with E-state index in [2.05, 4.69) is 5.32 Å². The quantitative estimate of drug-likeness (QED) is 0.245. The van der Waals surface area contributed by atoms with E-state index in [-0.39, 0.29) is 29.3 Å². The normalized spacial score (nSPS) is 10.8. The molecule has 162 valence electrons. The maximum Gasteiger partial charge on any atom is 0.280 e. The summed E-state index contributed by atoms with van der Waals surface area (Å²) in [5, 5.41) is 23.3. The predicted molar refractivity (Wildman–Crippen MR) is 116 cm³/mol. The third-order valence-corrected chi connectivity index (χ3v) is 4.58. The van der Waals surface area contributed by atoms with Crippen LogP contribution in [-0.2, 0) is 11.3 Å². The molecule has 0 saturated heterocycles. The van der Waals surface area contributed by atoms with Crippen molar-refractivity contribution in [3.63, 3.8) is 0 Å². The van der Waals surface area contributed by atoms with Crippen molar-refractivity contribution in [2.24, 2.45) is 0 Å². The van der Waals surface area contributed by atoms with Crippen molar-refractivity contribution in [1.29, 1.82) is 5.26 Å². The molecule has 1 amide bonds. The number of rotatable bonds is 8. The molecule has 9 nitrogen and oxygen atoms in total. The summed E-state index contributed by atoms with van der Waals surface area (Å²) in [6.45, 7) is 0.130. The van der Waals surface area contributed by atoms with E-state index in [0.717, 1.165) is 0 Å². The highest BCUT2D eigenvalue weighted by Gasteiger charge is 2.18. The molecule has 0 aliphatic carbocycles. The lowest BCUT2D eigenvalue weighted by Gasteiger charge is -2.11. The van der Waals surface area contributed by atoms with Gasteiger partial charge < -0.3 is 19.2 Å². The van der Waals surface area contributed by atoms with Gasteiger partial charge in [0, 0.05) is 30.3 Å². The molecule has 0 radical (unpaired) electrons. The van der Waals surface area contributed by atoms with Crippen LogP contribution in [-0.4, -0.2) is 25.1 Å². The van der Waals surface area contributed by atoms with Crippen LogP contribution in [0.2, 0.25) is 0 Å². The van der Waals surface area contributed by atoms with Gasteiger partial charge in [0.25, 0.3) is 11.6 Å². The number of methoxy groups -OCH3 is 2. The standard InChI is InChI=1S/C23H19N3O6/c1-30-17-8-7-15(22(12-17)31-2)14-25-23(27)16(13-24)11-18-9-10-21(32-18)19-5-3-4-6-20(19)26(28)29/h3-12H,14H2,1-2H3,(H,25,27)/b16-11+. The molecule has 0 saturated carbocycles. The molecule has 0 unspecified atom stereocenters. The highest BCUT2D eigenvalue weighted by Crippen LogP contribution is 2.31. The number of para-hydroxylation sites is 1. The Morgan fingerprint density at radius 1 is 1.19 bits per heavy atom. The van der Waals surface area contributed by atoms with Crippen LogP contribution in [0.25, 0.3) is 17.4 Å². The summed E-state index contributed by atoms with van der Waals surface area (Å²) in [5.41, 5.74) is 0.715. The van der Waals surface area contributed by atoms with Gasteiger partial charge in [0.1, 0.15) is 34.7 Å². The largest absolute Gasteiger partial charge is 0.497 e. The molecule has 3 aromatic rings. The zero-order valence-corrected chi connectivity index (χ0v) is 17.3. The fourth-order valence-corrected chi connectivity index (χ4v) is 2.98. The third-order valence-electron chi connectivity index (χ3n) is 4.58. The minimum atomic E-state index is -0.603. The second-order valence-electron chi connectivity index (χ2n) is 6.51. The van der Waals surface area contributed by atoms with E-state index in [1.165, 1.54) is 32.4 Å². The molecule has 9 heteroatoms. The Balaban J connectivity index is 1.77. The van der Waals surface area contributed by atoms with Crippen molar-refractivity contribution in [3.05, 3.63) is 81.6 Å². The van der Waals surface area contributed by atoms with Gasteiger partial charge in [0.15, 0.2) is 0 Å². The molecule has 0 aliphatic rings. The maximum absolute atomic E-state index is 12.5. The zero-order valence-electron chi connectivity index (χ0n) is 17.3. The third kappa shape index (κ3) is 4.94. The van der Waals surface area contributed by atoms with Gasteiger partial charge in [-0.25, -0.2) is 0 Å². The van der Waals surface area contributed by atoms with Crippen molar-refractivity contribution in [2.75, 3.05) is 14.2 Å². The van der Waals surface area contributed by atoms with E-state index in [1.807, 2.05) is 6.07 Å². The van der Waals surface area contributed by atoms with Crippen LogP contribution in [0.5, 0.6) is 11.5 Å².